The number of aliphatic hydroxyl groups is 1. The number of furan rings is 1. The van der Waals surface area contributed by atoms with Crippen LogP contribution in [0.5, 0.6) is 5.75 Å². The standard InChI is InChI=1S/C10H10O3/c11-4-3-9-5-7-1-2-8(12)6-10(7)13-9/h1-2,5-6,11-12H,3-4H2. The Morgan fingerprint density at radius 3 is 2.85 bits per heavy atom. The van der Waals surface area contributed by atoms with Crippen molar-refractivity contribution in [2.75, 3.05) is 6.61 Å². The molecule has 1 aromatic heterocycles. The number of benzene rings is 1. The monoisotopic (exact) mass is 178 g/mol. The quantitative estimate of drug-likeness (QED) is 0.735. The highest BCUT2D eigenvalue weighted by Gasteiger charge is 2.03. The van der Waals surface area contributed by atoms with E-state index < -0.39 is 0 Å². The van der Waals surface area contributed by atoms with E-state index in [-0.39, 0.29) is 12.4 Å². The molecule has 0 radical (unpaired) electrons. The Balaban J connectivity index is 2.49. The summed E-state index contributed by atoms with van der Waals surface area (Å²) in [6.45, 7) is 0.0752. The zero-order valence-corrected chi connectivity index (χ0v) is 7.03. The van der Waals surface area contributed by atoms with Crippen molar-refractivity contribution in [3.8, 4) is 5.75 Å². The molecule has 0 unspecified atom stereocenters. The summed E-state index contributed by atoms with van der Waals surface area (Å²) in [5.41, 5.74) is 0.656. The molecule has 0 amide bonds. The highest BCUT2D eigenvalue weighted by Crippen LogP contribution is 2.23. The van der Waals surface area contributed by atoms with Gasteiger partial charge in [-0.3, -0.25) is 0 Å². The lowest BCUT2D eigenvalue weighted by atomic mass is 10.2. The molecular weight excluding hydrogens is 168 g/mol. The molecule has 3 heteroatoms. The molecule has 0 saturated carbocycles. The molecule has 2 N–H and O–H groups in total. The van der Waals surface area contributed by atoms with E-state index >= 15 is 0 Å². The summed E-state index contributed by atoms with van der Waals surface area (Å²) in [5, 5.41) is 18.8. The minimum Gasteiger partial charge on any atom is -0.508 e. The van der Waals surface area contributed by atoms with Crippen LogP contribution in [-0.2, 0) is 6.42 Å². The summed E-state index contributed by atoms with van der Waals surface area (Å²) in [4.78, 5) is 0. The smallest absolute Gasteiger partial charge is 0.137 e. The van der Waals surface area contributed by atoms with Gasteiger partial charge in [-0.15, -0.1) is 0 Å². The van der Waals surface area contributed by atoms with Crippen LogP contribution in [0.1, 0.15) is 5.76 Å². The summed E-state index contributed by atoms with van der Waals surface area (Å²) < 4.78 is 5.37. The Morgan fingerprint density at radius 2 is 2.08 bits per heavy atom. The van der Waals surface area contributed by atoms with Crippen molar-refractivity contribution in [3.63, 3.8) is 0 Å². The van der Waals surface area contributed by atoms with Gasteiger partial charge in [0.15, 0.2) is 0 Å². The predicted molar refractivity (Wildman–Crippen MR) is 48.7 cm³/mol. The van der Waals surface area contributed by atoms with Crippen LogP contribution in [-0.4, -0.2) is 16.8 Å². The second-order valence-electron chi connectivity index (χ2n) is 2.91. The first-order chi connectivity index (χ1) is 6.29. The van der Waals surface area contributed by atoms with E-state index in [1.807, 2.05) is 6.07 Å². The molecule has 1 aromatic carbocycles. The second kappa shape index (κ2) is 3.11. The lowest BCUT2D eigenvalue weighted by molar-refractivity contribution is 0.289. The van der Waals surface area contributed by atoms with E-state index in [0.29, 0.717) is 12.0 Å². The normalized spacial score (nSPS) is 10.8. The SMILES string of the molecule is OCCc1cc2ccc(O)cc2o1. The van der Waals surface area contributed by atoms with Gasteiger partial charge in [0, 0.05) is 17.9 Å². The third-order valence-corrected chi connectivity index (χ3v) is 1.91. The van der Waals surface area contributed by atoms with Crippen LogP contribution in [0.4, 0.5) is 0 Å². The molecule has 2 aromatic rings. The van der Waals surface area contributed by atoms with Crippen molar-refractivity contribution in [2.24, 2.45) is 0 Å². The molecule has 13 heavy (non-hydrogen) atoms. The minimum absolute atomic E-state index is 0.0752. The summed E-state index contributed by atoms with van der Waals surface area (Å²) in [6, 6.07) is 6.83. The van der Waals surface area contributed by atoms with E-state index in [0.717, 1.165) is 11.1 Å². The van der Waals surface area contributed by atoms with Crippen LogP contribution in [0.3, 0.4) is 0 Å². The van der Waals surface area contributed by atoms with Crippen LogP contribution in [0, 0.1) is 0 Å². The van der Waals surface area contributed by atoms with E-state index in [4.69, 9.17) is 14.6 Å². The first kappa shape index (κ1) is 8.13. The molecule has 0 fully saturated rings. The first-order valence-electron chi connectivity index (χ1n) is 4.12. The molecular formula is C10H10O3. The van der Waals surface area contributed by atoms with Gasteiger partial charge in [0.25, 0.3) is 0 Å². The number of aromatic hydroxyl groups is 1. The topological polar surface area (TPSA) is 53.6 Å². The van der Waals surface area contributed by atoms with E-state index in [9.17, 15) is 0 Å². The van der Waals surface area contributed by atoms with Gasteiger partial charge in [0.05, 0.1) is 6.61 Å². The maximum Gasteiger partial charge on any atom is 0.137 e. The van der Waals surface area contributed by atoms with Crippen molar-refractivity contribution in [2.45, 2.75) is 6.42 Å². The number of fused-ring (bicyclic) bond motifs is 1. The lowest BCUT2D eigenvalue weighted by Gasteiger charge is -1.89. The number of phenols is 1. The number of aliphatic hydroxyl groups excluding tert-OH is 1. The van der Waals surface area contributed by atoms with Crippen molar-refractivity contribution in [3.05, 3.63) is 30.0 Å². The minimum atomic E-state index is 0.0752. The van der Waals surface area contributed by atoms with Gasteiger partial charge in [-0.2, -0.15) is 0 Å². The van der Waals surface area contributed by atoms with E-state index in [1.54, 1.807) is 18.2 Å². The van der Waals surface area contributed by atoms with Crippen molar-refractivity contribution in [1.82, 2.24) is 0 Å². The van der Waals surface area contributed by atoms with Crippen LogP contribution in [0.15, 0.2) is 28.7 Å². The molecule has 0 aliphatic heterocycles. The molecule has 1 heterocycles. The highest BCUT2D eigenvalue weighted by atomic mass is 16.3. The lowest BCUT2D eigenvalue weighted by Crippen LogP contribution is -1.85. The summed E-state index contributed by atoms with van der Waals surface area (Å²) >= 11 is 0. The first-order valence-corrected chi connectivity index (χ1v) is 4.12. The third-order valence-electron chi connectivity index (χ3n) is 1.91. The molecule has 0 bridgehead atoms. The number of hydrogen-bond donors (Lipinski definition) is 2. The average Bonchev–Trinajstić information content (AvgIpc) is 2.46. The van der Waals surface area contributed by atoms with Crippen molar-refractivity contribution >= 4 is 11.0 Å². The van der Waals surface area contributed by atoms with Crippen molar-refractivity contribution in [1.29, 1.82) is 0 Å². The average molecular weight is 178 g/mol. The molecule has 0 spiro atoms. The summed E-state index contributed by atoms with van der Waals surface area (Å²) in [7, 11) is 0. The molecule has 0 aliphatic carbocycles. The maximum atomic E-state index is 9.16. The zero-order chi connectivity index (χ0) is 9.26. The van der Waals surface area contributed by atoms with Gasteiger partial charge < -0.3 is 14.6 Å². The molecule has 0 saturated heterocycles. The van der Waals surface area contributed by atoms with Crippen LogP contribution < -0.4 is 0 Å². The van der Waals surface area contributed by atoms with Gasteiger partial charge in [-0.05, 0) is 18.2 Å². The van der Waals surface area contributed by atoms with E-state index in [1.165, 1.54) is 0 Å². The Labute approximate surface area is 75.2 Å². The predicted octanol–water partition coefficient (Wildman–Crippen LogP) is 1.67. The van der Waals surface area contributed by atoms with E-state index in [2.05, 4.69) is 0 Å². The van der Waals surface area contributed by atoms with Gasteiger partial charge in [-0.25, -0.2) is 0 Å². The second-order valence-corrected chi connectivity index (χ2v) is 2.91. The number of phenolic OH excluding ortho intramolecular Hbond substituents is 1. The van der Waals surface area contributed by atoms with Gasteiger partial charge in [0.2, 0.25) is 0 Å². The number of hydrogen-bond acceptors (Lipinski definition) is 3. The van der Waals surface area contributed by atoms with Crippen LogP contribution in [0.2, 0.25) is 0 Å². The molecule has 68 valence electrons. The fourth-order valence-electron chi connectivity index (χ4n) is 1.31. The molecule has 0 atom stereocenters. The maximum absolute atomic E-state index is 9.16. The third kappa shape index (κ3) is 1.51. The van der Waals surface area contributed by atoms with Crippen LogP contribution >= 0.6 is 0 Å². The Hall–Kier alpha value is -1.48. The molecule has 3 nitrogen and oxygen atoms in total. The van der Waals surface area contributed by atoms with Gasteiger partial charge in [0.1, 0.15) is 17.1 Å². The van der Waals surface area contributed by atoms with Crippen molar-refractivity contribution < 1.29 is 14.6 Å². The highest BCUT2D eigenvalue weighted by molar-refractivity contribution is 5.79. The Kier molecular flexibility index (Phi) is 1.94. The summed E-state index contributed by atoms with van der Waals surface area (Å²) in [6.07, 6.45) is 0.509. The number of rotatable bonds is 2. The Bertz CT molecular complexity index is 417. The molecule has 2 rings (SSSR count). The Morgan fingerprint density at radius 1 is 1.23 bits per heavy atom. The largest absolute Gasteiger partial charge is 0.508 e. The fraction of sp³-hybridized carbons (Fsp3) is 0.200. The summed E-state index contributed by atoms with van der Waals surface area (Å²) in [5.74, 6) is 0.931. The van der Waals surface area contributed by atoms with Gasteiger partial charge >= 0.3 is 0 Å². The zero-order valence-electron chi connectivity index (χ0n) is 7.03. The van der Waals surface area contributed by atoms with Gasteiger partial charge in [-0.1, -0.05) is 0 Å². The fourth-order valence-corrected chi connectivity index (χ4v) is 1.31. The molecule has 0 aliphatic rings. The van der Waals surface area contributed by atoms with Crippen LogP contribution in [0.25, 0.3) is 11.0 Å².